The van der Waals surface area contributed by atoms with Crippen LogP contribution in [0.3, 0.4) is 0 Å². The lowest BCUT2D eigenvalue weighted by atomic mass is 10.2. The first-order chi connectivity index (χ1) is 13.8. The van der Waals surface area contributed by atoms with Crippen LogP contribution >= 0.6 is 24.0 Å². The summed E-state index contributed by atoms with van der Waals surface area (Å²) < 4.78 is 13.5. The number of rotatable bonds is 5. The Kier molecular flexibility index (Phi) is 7.56. The molecule has 2 aromatic heterocycles. The Morgan fingerprint density at radius 3 is 2.86 bits per heavy atom. The van der Waals surface area contributed by atoms with Crippen LogP contribution in [0.25, 0.3) is 5.65 Å². The molecule has 0 atom stereocenters. The van der Waals surface area contributed by atoms with E-state index >= 15 is 0 Å². The molecule has 1 aliphatic rings. The number of nitrogens with zero attached hydrogens (tertiary/aromatic N) is 3. The van der Waals surface area contributed by atoms with Crippen LogP contribution in [-0.2, 0) is 6.42 Å². The van der Waals surface area contributed by atoms with Gasteiger partial charge in [-0.1, -0.05) is 6.07 Å². The van der Waals surface area contributed by atoms with Gasteiger partial charge in [0.05, 0.1) is 18.9 Å². The second-order valence-electron chi connectivity index (χ2n) is 6.55. The smallest absolute Gasteiger partial charge is 0.195 e. The van der Waals surface area contributed by atoms with E-state index in [4.69, 9.17) is 9.47 Å². The molecule has 1 aromatic carbocycles. The lowest BCUT2D eigenvalue weighted by Crippen LogP contribution is -2.30. The van der Waals surface area contributed by atoms with Crippen molar-refractivity contribution in [2.24, 2.45) is 4.99 Å². The molecule has 3 heterocycles. The third-order valence-electron chi connectivity index (χ3n) is 4.41. The van der Waals surface area contributed by atoms with Gasteiger partial charge < -0.3 is 24.5 Å². The molecular formula is C21H26IN5O2. The van der Waals surface area contributed by atoms with Crippen molar-refractivity contribution in [1.29, 1.82) is 0 Å². The van der Waals surface area contributed by atoms with E-state index in [1.807, 2.05) is 53.9 Å². The van der Waals surface area contributed by atoms with Crippen molar-refractivity contribution in [3.63, 3.8) is 0 Å². The Balaban J connectivity index is 0.00000240. The maximum atomic E-state index is 5.76. The van der Waals surface area contributed by atoms with Crippen molar-refractivity contribution in [2.45, 2.75) is 19.8 Å². The molecule has 0 bridgehead atoms. The van der Waals surface area contributed by atoms with Crippen molar-refractivity contribution >= 4 is 41.3 Å². The zero-order chi connectivity index (χ0) is 19.2. The summed E-state index contributed by atoms with van der Waals surface area (Å²) in [7, 11) is 0. The average Bonchev–Trinajstić information content (AvgIpc) is 2.97. The molecule has 7 nitrogen and oxygen atoms in total. The van der Waals surface area contributed by atoms with Crippen LogP contribution in [0.2, 0.25) is 0 Å². The molecule has 3 aromatic rings. The number of nitrogens with one attached hydrogen (secondary N) is 2. The number of aromatic nitrogens is 2. The van der Waals surface area contributed by atoms with Gasteiger partial charge >= 0.3 is 0 Å². The van der Waals surface area contributed by atoms with E-state index in [1.165, 1.54) is 0 Å². The van der Waals surface area contributed by atoms with Gasteiger partial charge in [-0.2, -0.15) is 0 Å². The lowest BCUT2D eigenvalue weighted by molar-refractivity contribution is 0.297. The molecule has 4 rings (SSSR count). The molecule has 0 spiro atoms. The van der Waals surface area contributed by atoms with Crippen LogP contribution in [0.1, 0.15) is 19.0 Å². The number of fused-ring (bicyclic) bond motifs is 2. The fourth-order valence-electron chi connectivity index (χ4n) is 3.07. The number of ether oxygens (including phenoxy) is 2. The van der Waals surface area contributed by atoms with Crippen LogP contribution < -0.4 is 20.1 Å². The van der Waals surface area contributed by atoms with Crippen molar-refractivity contribution < 1.29 is 9.47 Å². The Labute approximate surface area is 187 Å². The van der Waals surface area contributed by atoms with Gasteiger partial charge in [-0.05, 0) is 31.2 Å². The van der Waals surface area contributed by atoms with Crippen molar-refractivity contribution in [3.05, 3.63) is 54.5 Å². The van der Waals surface area contributed by atoms with Gasteiger partial charge in [-0.15, -0.1) is 24.0 Å². The fourth-order valence-corrected chi connectivity index (χ4v) is 3.07. The minimum atomic E-state index is 0. The quantitative estimate of drug-likeness (QED) is 0.313. The van der Waals surface area contributed by atoms with Crippen LogP contribution in [0.5, 0.6) is 11.5 Å². The van der Waals surface area contributed by atoms with Gasteiger partial charge in [0.2, 0.25) is 0 Å². The summed E-state index contributed by atoms with van der Waals surface area (Å²) in [4.78, 5) is 9.30. The highest BCUT2D eigenvalue weighted by Gasteiger charge is 2.11. The molecule has 0 unspecified atom stereocenters. The Hall–Kier alpha value is -2.49. The molecule has 154 valence electrons. The number of pyridine rings is 1. The second kappa shape index (κ2) is 10.3. The summed E-state index contributed by atoms with van der Waals surface area (Å²) in [5, 5.41) is 6.62. The minimum Gasteiger partial charge on any atom is -0.490 e. The van der Waals surface area contributed by atoms with Crippen molar-refractivity contribution in [1.82, 2.24) is 14.7 Å². The van der Waals surface area contributed by atoms with Crippen LogP contribution in [-0.4, -0.2) is 41.6 Å². The first-order valence-corrected chi connectivity index (χ1v) is 9.69. The average molecular weight is 507 g/mol. The largest absolute Gasteiger partial charge is 0.490 e. The van der Waals surface area contributed by atoms with E-state index in [2.05, 4.69) is 26.8 Å². The summed E-state index contributed by atoms with van der Waals surface area (Å²) in [6.07, 6.45) is 5.73. The maximum absolute atomic E-state index is 5.76. The van der Waals surface area contributed by atoms with E-state index in [9.17, 15) is 0 Å². The van der Waals surface area contributed by atoms with Gasteiger partial charge in [0.25, 0.3) is 0 Å². The zero-order valence-electron chi connectivity index (χ0n) is 16.4. The molecule has 0 radical (unpaired) electrons. The summed E-state index contributed by atoms with van der Waals surface area (Å²) >= 11 is 0. The molecule has 29 heavy (non-hydrogen) atoms. The number of guanidine groups is 1. The monoisotopic (exact) mass is 507 g/mol. The summed E-state index contributed by atoms with van der Waals surface area (Å²) in [6, 6.07) is 11.9. The van der Waals surface area contributed by atoms with Crippen molar-refractivity contribution in [2.75, 3.05) is 31.6 Å². The van der Waals surface area contributed by atoms with Gasteiger partial charge in [0.1, 0.15) is 5.65 Å². The molecule has 0 aliphatic carbocycles. The number of hydrogen-bond donors (Lipinski definition) is 2. The minimum absolute atomic E-state index is 0. The molecular weight excluding hydrogens is 481 g/mol. The first kappa shape index (κ1) is 21.2. The third-order valence-corrected chi connectivity index (χ3v) is 4.41. The first-order valence-electron chi connectivity index (χ1n) is 9.69. The topological polar surface area (TPSA) is 72.2 Å². The van der Waals surface area contributed by atoms with Gasteiger partial charge in [-0.3, -0.25) is 4.99 Å². The van der Waals surface area contributed by atoms with E-state index in [0.29, 0.717) is 19.8 Å². The molecule has 2 N–H and O–H groups in total. The van der Waals surface area contributed by atoms with E-state index in [0.717, 1.165) is 53.9 Å². The molecule has 1 aliphatic heterocycles. The normalized spacial score (nSPS) is 13.5. The maximum Gasteiger partial charge on any atom is 0.195 e. The molecule has 0 fully saturated rings. The van der Waals surface area contributed by atoms with Gasteiger partial charge in [0, 0.05) is 50.1 Å². The predicted molar refractivity (Wildman–Crippen MR) is 126 cm³/mol. The number of imidazole rings is 1. The Morgan fingerprint density at radius 1 is 1.17 bits per heavy atom. The van der Waals surface area contributed by atoms with Crippen molar-refractivity contribution in [3.8, 4) is 11.5 Å². The van der Waals surface area contributed by atoms with E-state index < -0.39 is 0 Å². The highest BCUT2D eigenvalue weighted by Crippen LogP contribution is 2.32. The third kappa shape index (κ3) is 5.53. The summed E-state index contributed by atoms with van der Waals surface area (Å²) in [5.74, 6) is 2.29. The highest BCUT2D eigenvalue weighted by atomic mass is 127. The highest BCUT2D eigenvalue weighted by molar-refractivity contribution is 14.0. The molecule has 0 saturated carbocycles. The van der Waals surface area contributed by atoms with Crippen LogP contribution in [0.15, 0.2) is 53.8 Å². The number of halogens is 1. The van der Waals surface area contributed by atoms with Gasteiger partial charge in [-0.25, -0.2) is 4.98 Å². The van der Waals surface area contributed by atoms with Gasteiger partial charge in [0.15, 0.2) is 17.5 Å². The standard InChI is InChI=1S/C21H25N5O2.HI/c1-2-22-21(23-10-9-17-15-26-11-4-3-6-20(26)24-17)25-16-7-8-18-19(14-16)28-13-5-12-27-18;/h3-4,6-8,11,14-15H,2,5,9-10,12-13H2,1H3,(H2,22,23,25);1H. The van der Waals surface area contributed by atoms with E-state index in [1.54, 1.807) is 0 Å². The van der Waals surface area contributed by atoms with Crippen LogP contribution in [0, 0.1) is 0 Å². The fraction of sp³-hybridized carbons (Fsp3) is 0.333. The molecule has 8 heteroatoms. The number of aliphatic imine (C=N–C) groups is 1. The number of anilines is 1. The Bertz CT molecular complexity index is 940. The number of hydrogen-bond acceptors (Lipinski definition) is 4. The Morgan fingerprint density at radius 2 is 2.03 bits per heavy atom. The molecule has 0 amide bonds. The molecule has 0 saturated heterocycles. The number of benzene rings is 1. The summed E-state index contributed by atoms with van der Waals surface area (Å²) in [6.45, 7) is 4.83. The SMILES string of the molecule is CCNC(=NCCc1cn2ccccc2n1)Nc1ccc2c(c1)OCCCO2.I. The second-order valence-corrected chi connectivity index (χ2v) is 6.55. The zero-order valence-corrected chi connectivity index (χ0v) is 18.8. The summed E-state index contributed by atoms with van der Waals surface area (Å²) in [5.41, 5.74) is 2.90. The lowest BCUT2D eigenvalue weighted by Gasteiger charge is -2.13. The van der Waals surface area contributed by atoms with Crippen LogP contribution in [0.4, 0.5) is 5.69 Å². The predicted octanol–water partition coefficient (Wildman–Crippen LogP) is 3.73. The van der Waals surface area contributed by atoms with E-state index in [-0.39, 0.29) is 24.0 Å².